The predicted molar refractivity (Wildman–Crippen MR) is 195 cm³/mol. The third kappa shape index (κ3) is 3.40. The predicted octanol–water partition coefficient (Wildman–Crippen LogP) is 12.2. The second-order valence-corrected chi connectivity index (χ2v) is 13.3. The molecular weight excluding hydrogens is 555 g/mol. The number of rotatable bonds is 3. The van der Waals surface area contributed by atoms with Gasteiger partial charge < -0.3 is 4.57 Å². The summed E-state index contributed by atoms with van der Waals surface area (Å²) in [4.78, 5) is 0. The van der Waals surface area contributed by atoms with Gasteiger partial charge in [-0.25, -0.2) is 0 Å². The van der Waals surface area contributed by atoms with E-state index in [0.29, 0.717) is 0 Å². The molecule has 8 aromatic carbocycles. The van der Waals surface area contributed by atoms with Crippen LogP contribution in [0.4, 0.5) is 0 Å². The Morgan fingerprint density at radius 2 is 1.09 bits per heavy atom. The first-order valence-electron chi connectivity index (χ1n) is 16.2. The zero-order chi connectivity index (χ0) is 30.6. The minimum atomic E-state index is -0.103. The van der Waals surface area contributed by atoms with E-state index in [4.69, 9.17) is 0 Å². The number of fused-ring (bicyclic) bond motifs is 5. The van der Waals surface area contributed by atoms with Crippen LogP contribution in [0.5, 0.6) is 0 Å². The van der Waals surface area contributed by atoms with Gasteiger partial charge in [0.2, 0.25) is 0 Å². The van der Waals surface area contributed by atoms with E-state index in [0.717, 1.165) is 0 Å². The van der Waals surface area contributed by atoms with Crippen LogP contribution in [0.3, 0.4) is 0 Å². The van der Waals surface area contributed by atoms with Crippen molar-refractivity contribution in [2.24, 2.45) is 0 Å². The van der Waals surface area contributed by atoms with Crippen LogP contribution in [0.15, 0.2) is 152 Å². The molecule has 46 heavy (non-hydrogen) atoms. The molecule has 1 aliphatic carbocycles. The Morgan fingerprint density at radius 1 is 0.457 bits per heavy atom. The van der Waals surface area contributed by atoms with E-state index in [1.807, 2.05) is 0 Å². The second-order valence-electron chi connectivity index (χ2n) is 13.3. The van der Waals surface area contributed by atoms with Crippen molar-refractivity contribution in [3.8, 4) is 39.2 Å². The molecule has 0 amide bonds. The quantitative estimate of drug-likeness (QED) is 0.182. The van der Waals surface area contributed by atoms with Crippen LogP contribution in [0, 0.1) is 0 Å². The zero-order valence-electron chi connectivity index (χ0n) is 25.9. The van der Waals surface area contributed by atoms with Gasteiger partial charge in [0.25, 0.3) is 0 Å². The maximum atomic E-state index is 2.52. The average molecular weight is 586 g/mol. The van der Waals surface area contributed by atoms with Crippen molar-refractivity contribution in [1.29, 1.82) is 0 Å². The molecule has 0 unspecified atom stereocenters. The Kier molecular flexibility index (Phi) is 5.12. The number of hydrogen-bond donors (Lipinski definition) is 0. The summed E-state index contributed by atoms with van der Waals surface area (Å²) in [5, 5.41) is 9.25. The molecule has 1 aliphatic rings. The van der Waals surface area contributed by atoms with Crippen molar-refractivity contribution in [1.82, 2.24) is 4.57 Å². The van der Waals surface area contributed by atoms with Crippen molar-refractivity contribution in [2.45, 2.75) is 19.3 Å². The minimum absolute atomic E-state index is 0.103. The van der Waals surface area contributed by atoms with Crippen LogP contribution in [0.2, 0.25) is 0 Å². The van der Waals surface area contributed by atoms with E-state index in [1.54, 1.807) is 0 Å². The first-order valence-corrected chi connectivity index (χ1v) is 16.2. The summed E-state index contributed by atoms with van der Waals surface area (Å²) in [6.45, 7) is 4.77. The van der Waals surface area contributed by atoms with E-state index in [9.17, 15) is 0 Å². The van der Waals surface area contributed by atoms with Crippen LogP contribution in [-0.4, -0.2) is 4.57 Å². The summed E-state index contributed by atoms with van der Waals surface area (Å²) in [7, 11) is 0. The maximum Gasteiger partial charge on any atom is 0.0584 e. The first-order chi connectivity index (χ1) is 22.6. The molecule has 0 N–H and O–H groups in total. The molecule has 0 radical (unpaired) electrons. The molecule has 1 aromatic heterocycles. The summed E-state index contributed by atoms with van der Waals surface area (Å²) >= 11 is 0. The van der Waals surface area contributed by atoms with Gasteiger partial charge >= 0.3 is 0 Å². The van der Waals surface area contributed by atoms with Gasteiger partial charge in [0.1, 0.15) is 0 Å². The van der Waals surface area contributed by atoms with Crippen LogP contribution >= 0.6 is 0 Å². The van der Waals surface area contributed by atoms with Crippen LogP contribution in [0.1, 0.15) is 25.0 Å². The van der Waals surface area contributed by atoms with E-state index >= 15 is 0 Å². The van der Waals surface area contributed by atoms with Crippen molar-refractivity contribution >= 4 is 43.2 Å². The van der Waals surface area contributed by atoms with E-state index < -0.39 is 0 Å². The Hall–Kier alpha value is -5.66. The number of aromatic nitrogens is 1. The second kappa shape index (κ2) is 9.19. The molecular formula is C45H31N. The Balaban J connectivity index is 1.25. The third-order valence-corrected chi connectivity index (χ3v) is 10.5. The lowest BCUT2D eigenvalue weighted by Gasteiger charge is -2.21. The van der Waals surface area contributed by atoms with E-state index in [1.165, 1.54) is 93.5 Å². The summed E-state index contributed by atoms with van der Waals surface area (Å²) in [5.41, 5.74) is 12.8. The van der Waals surface area contributed by atoms with Gasteiger partial charge in [-0.15, -0.1) is 0 Å². The number of benzene rings is 8. The fraction of sp³-hybridized carbons (Fsp3) is 0.0667. The zero-order valence-corrected chi connectivity index (χ0v) is 25.9. The highest BCUT2D eigenvalue weighted by atomic mass is 15.0. The standard InChI is InChI=1S/C45H31N/c1-45(2)39-14-7-6-13-37(39)44-43(45)38-26-21-33(27-40(38)46(44)34-22-17-29(18-23-34)28-9-4-3-5-10-28)35-24-19-32-16-15-30-11-8-12-31-20-25-36(35)42(32)41(30)31/h3-27H,1-2H3. The van der Waals surface area contributed by atoms with Gasteiger partial charge in [0.15, 0.2) is 0 Å². The maximum absolute atomic E-state index is 2.52. The molecule has 9 aromatic rings. The first kappa shape index (κ1) is 25.6. The van der Waals surface area contributed by atoms with Gasteiger partial charge in [0, 0.05) is 22.1 Å². The summed E-state index contributed by atoms with van der Waals surface area (Å²) in [6.07, 6.45) is 0. The molecule has 10 rings (SSSR count). The molecule has 0 atom stereocenters. The lowest BCUT2D eigenvalue weighted by molar-refractivity contribution is 0.666. The summed E-state index contributed by atoms with van der Waals surface area (Å²) < 4.78 is 2.52. The molecule has 0 bridgehead atoms. The fourth-order valence-electron chi connectivity index (χ4n) is 8.40. The average Bonchev–Trinajstić information content (AvgIpc) is 3.57. The molecule has 0 saturated heterocycles. The molecule has 0 spiro atoms. The van der Waals surface area contributed by atoms with Crippen LogP contribution < -0.4 is 0 Å². The number of hydrogen-bond acceptors (Lipinski definition) is 0. The molecule has 1 heteroatoms. The third-order valence-electron chi connectivity index (χ3n) is 10.5. The van der Waals surface area contributed by atoms with Gasteiger partial charge in [-0.05, 0) is 83.9 Å². The SMILES string of the molecule is CC1(C)c2ccccc2-c2c1c1ccc(-c3ccc4ccc5cccc6ccc3c4c56)cc1n2-c1ccc(-c2ccccc2)cc1. The lowest BCUT2D eigenvalue weighted by atomic mass is 9.81. The highest BCUT2D eigenvalue weighted by Crippen LogP contribution is 2.54. The highest BCUT2D eigenvalue weighted by Gasteiger charge is 2.40. The Morgan fingerprint density at radius 3 is 1.89 bits per heavy atom. The van der Waals surface area contributed by atoms with Crippen LogP contribution in [0.25, 0.3) is 82.4 Å². The summed E-state index contributed by atoms with van der Waals surface area (Å²) in [5.74, 6) is 0. The van der Waals surface area contributed by atoms with E-state index in [2.05, 4.69) is 170 Å². The molecule has 216 valence electrons. The van der Waals surface area contributed by atoms with Gasteiger partial charge in [-0.1, -0.05) is 147 Å². The normalized spacial score (nSPS) is 13.6. The van der Waals surface area contributed by atoms with E-state index in [-0.39, 0.29) is 5.41 Å². The molecule has 0 aliphatic heterocycles. The monoisotopic (exact) mass is 585 g/mol. The molecule has 0 saturated carbocycles. The largest absolute Gasteiger partial charge is 0.309 e. The highest BCUT2D eigenvalue weighted by molar-refractivity contribution is 6.25. The topological polar surface area (TPSA) is 4.93 Å². The van der Waals surface area contributed by atoms with Crippen molar-refractivity contribution in [3.63, 3.8) is 0 Å². The fourth-order valence-corrected chi connectivity index (χ4v) is 8.40. The van der Waals surface area contributed by atoms with Crippen molar-refractivity contribution in [3.05, 3.63) is 163 Å². The summed E-state index contributed by atoms with van der Waals surface area (Å²) in [6, 6.07) is 56.3. The Labute approximate surface area is 268 Å². The van der Waals surface area contributed by atoms with Crippen molar-refractivity contribution < 1.29 is 0 Å². The molecule has 0 fully saturated rings. The minimum Gasteiger partial charge on any atom is -0.309 e. The smallest absolute Gasteiger partial charge is 0.0584 e. The Bertz CT molecular complexity index is 2620. The molecule has 1 nitrogen and oxygen atoms in total. The van der Waals surface area contributed by atoms with Crippen LogP contribution in [-0.2, 0) is 5.41 Å². The van der Waals surface area contributed by atoms with Gasteiger partial charge in [0.05, 0.1) is 11.2 Å². The lowest BCUT2D eigenvalue weighted by Crippen LogP contribution is -2.14. The van der Waals surface area contributed by atoms with Gasteiger partial charge in [-0.3, -0.25) is 0 Å². The molecule has 1 heterocycles. The number of nitrogens with zero attached hydrogens (tertiary/aromatic N) is 1. The van der Waals surface area contributed by atoms with Crippen molar-refractivity contribution in [2.75, 3.05) is 0 Å². The van der Waals surface area contributed by atoms with Gasteiger partial charge in [-0.2, -0.15) is 0 Å².